The fourth-order valence-corrected chi connectivity index (χ4v) is 2.99. The maximum absolute atomic E-state index is 4.44. The van der Waals surface area contributed by atoms with E-state index in [9.17, 15) is 0 Å². The van der Waals surface area contributed by atoms with E-state index in [-0.39, 0.29) is 0 Å². The zero-order valence-electron chi connectivity index (χ0n) is 14.2. The minimum atomic E-state index is 1.00. The van der Waals surface area contributed by atoms with Gasteiger partial charge in [0.15, 0.2) is 0 Å². The Kier molecular flexibility index (Phi) is 4.14. The molecule has 1 nitrogen and oxygen atoms in total. The van der Waals surface area contributed by atoms with Gasteiger partial charge in [0.25, 0.3) is 0 Å². The molecule has 4 aromatic rings. The lowest BCUT2D eigenvalue weighted by molar-refractivity contribution is 1.33. The molecule has 0 saturated carbocycles. The van der Waals surface area contributed by atoms with Crippen LogP contribution < -0.4 is 0 Å². The summed E-state index contributed by atoms with van der Waals surface area (Å²) in [5.41, 5.74) is 8.34. The van der Waals surface area contributed by atoms with Gasteiger partial charge in [0.1, 0.15) is 0 Å². The number of benzene rings is 3. The molecule has 3 aromatic carbocycles. The molecule has 0 bridgehead atoms. The number of hydrogen-bond acceptors (Lipinski definition) is 1. The first kappa shape index (κ1) is 15.3. The van der Waals surface area contributed by atoms with E-state index >= 15 is 0 Å². The fourth-order valence-electron chi connectivity index (χ4n) is 2.99. The van der Waals surface area contributed by atoms with E-state index in [1.165, 1.54) is 27.8 Å². The van der Waals surface area contributed by atoms with Gasteiger partial charge in [-0.15, -0.1) is 0 Å². The van der Waals surface area contributed by atoms with Crippen molar-refractivity contribution in [1.82, 2.24) is 4.98 Å². The number of aromatic nitrogens is 1. The molecule has 0 saturated heterocycles. The van der Waals surface area contributed by atoms with Crippen molar-refractivity contribution in [3.8, 4) is 33.5 Å². The second-order valence-electron chi connectivity index (χ2n) is 6.24. The van der Waals surface area contributed by atoms with Crippen LogP contribution in [-0.4, -0.2) is 4.98 Å². The zero-order chi connectivity index (χ0) is 17.1. The molecule has 0 fully saturated rings. The summed E-state index contributed by atoms with van der Waals surface area (Å²) in [6.45, 7) is 2.11. The Morgan fingerprint density at radius 3 is 1.76 bits per heavy atom. The molecule has 0 aliphatic heterocycles. The molecule has 1 aromatic heterocycles. The molecule has 0 unspecified atom stereocenters. The van der Waals surface area contributed by atoms with Crippen LogP contribution in [-0.2, 0) is 0 Å². The molecule has 1 heteroatoms. The molecule has 120 valence electrons. The van der Waals surface area contributed by atoms with Crippen molar-refractivity contribution in [3.63, 3.8) is 0 Å². The number of nitrogens with zero attached hydrogens (tertiary/aromatic N) is 1. The maximum atomic E-state index is 4.44. The zero-order valence-corrected chi connectivity index (χ0v) is 14.2. The average Bonchev–Trinajstić information content (AvgIpc) is 2.70. The van der Waals surface area contributed by atoms with Crippen molar-refractivity contribution in [1.29, 1.82) is 0 Å². The minimum absolute atomic E-state index is 1.00. The summed E-state index contributed by atoms with van der Waals surface area (Å²) in [6, 6.07) is 31.9. The first-order valence-corrected chi connectivity index (χ1v) is 8.48. The molecule has 0 spiro atoms. The molecule has 0 aliphatic rings. The lowest BCUT2D eigenvalue weighted by Gasteiger charge is -2.07. The highest BCUT2D eigenvalue weighted by Gasteiger charge is 2.03. The predicted octanol–water partition coefficient (Wildman–Crippen LogP) is 6.39. The van der Waals surface area contributed by atoms with E-state index in [2.05, 4.69) is 84.7 Å². The van der Waals surface area contributed by atoms with Crippen LogP contribution in [0.4, 0.5) is 0 Å². The normalized spacial score (nSPS) is 10.6. The summed E-state index contributed by atoms with van der Waals surface area (Å²) >= 11 is 0. The van der Waals surface area contributed by atoms with Crippen molar-refractivity contribution in [2.45, 2.75) is 6.92 Å². The quantitative estimate of drug-likeness (QED) is 0.426. The Hall–Kier alpha value is -3.19. The molecule has 0 aliphatic carbocycles. The number of aryl methyl sites for hydroxylation is 1. The van der Waals surface area contributed by atoms with Gasteiger partial charge in [0.2, 0.25) is 0 Å². The Balaban J connectivity index is 1.65. The summed E-state index contributed by atoms with van der Waals surface area (Å²) in [5.74, 6) is 0. The lowest BCUT2D eigenvalue weighted by atomic mass is 9.98. The van der Waals surface area contributed by atoms with Crippen molar-refractivity contribution >= 4 is 0 Å². The standard InChI is InChI=1S/C24H19N/c1-18-8-10-19(11-9-18)20-12-14-21(15-13-20)22-5-4-6-23(17-22)24-7-2-3-16-25-24/h2-17H,1H3. The summed E-state index contributed by atoms with van der Waals surface area (Å²) in [5, 5.41) is 0. The van der Waals surface area contributed by atoms with Gasteiger partial charge in [-0.25, -0.2) is 0 Å². The third kappa shape index (κ3) is 3.36. The van der Waals surface area contributed by atoms with E-state index in [4.69, 9.17) is 0 Å². The monoisotopic (exact) mass is 321 g/mol. The minimum Gasteiger partial charge on any atom is -0.256 e. The first-order chi connectivity index (χ1) is 12.3. The number of hydrogen-bond donors (Lipinski definition) is 0. The topological polar surface area (TPSA) is 12.9 Å². The highest BCUT2D eigenvalue weighted by molar-refractivity contribution is 5.74. The Morgan fingerprint density at radius 1 is 0.520 bits per heavy atom. The average molecular weight is 321 g/mol. The van der Waals surface area contributed by atoms with Gasteiger partial charge in [-0.2, -0.15) is 0 Å². The molecular weight excluding hydrogens is 302 g/mol. The molecule has 0 radical (unpaired) electrons. The van der Waals surface area contributed by atoms with E-state index in [0.717, 1.165) is 11.3 Å². The Labute approximate surface area is 148 Å². The van der Waals surface area contributed by atoms with E-state index in [0.29, 0.717) is 0 Å². The van der Waals surface area contributed by atoms with Gasteiger partial charge < -0.3 is 0 Å². The summed E-state index contributed by atoms with van der Waals surface area (Å²) in [7, 11) is 0. The number of rotatable bonds is 3. The summed E-state index contributed by atoms with van der Waals surface area (Å²) in [6.07, 6.45) is 1.83. The van der Waals surface area contributed by atoms with E-state index in [1.807, 2.05) is 24.4 Å². The molecule has 25 heavy (non-hydrogen) atoms. The van der Waals surface area contributed by atoms with Crippen molar-refractivity contribution in [2.24, 2.45) is 0 Å². The van der Waals surface area contributed by atoms with Crippen LogP contribution in [0.15, 0.2) is 97.2 Å². The summed E-state index contributed by atoms with van der Waals surface area (Å²) < 4.78 is 0. The van der Waals surface area contributed by atoms with Crippen LogP contribution in [0.5, 0.6) is 0 Å². The second kappa shape index (κ2) is 6.74. The van der Waals surface area contributed by atoms with Gasteiger partial charge >= 0.3 is 0 Å². The van der Waals surface area contributed by atoms with Crippen molar-refractivity contribution < 1.29 is 0 Å². The van der Waals surface area contributed by atoms with Crippen LogP contribution in [0.1, 0.15) is 5.56 Å². The maximum Gasteiger partial charge on any atom is 0.0702 e. The highest BCUT2D eigenvalue weighted by atomic mass is 14.7. The van der Waals surface area contributed by atoms with Gasteiger partial charge in [0, 0.05) is 11.8 Å². The smallest absolute Gasteiger partial charge is 0.0702 e. The molecule has 0 amide bonds. The number of pyridine rings is 1. The fraction of sp³-hybridized carbons (Fsp3) is 0.0417. The third-order valence-corrected chi connectivity index (χ3v) is 4.43. The van der Waals surface area contributed by atoms with E-state index in [1.54, 1.807) is 0 Å². The SMILES string of the molecule is Cc1ccc(-c2ccc(-c3cccc(-c4ccccn4)c3)cc2)cc1. The van der Waals surface area contributed by atoms with Gasteiger partial charge in [-0.05, 0) is 47.4 Å². The largest absolute Gasteiger partial charge is 0.256 e. The van der Waals surface area contributed by atoms with Crippen LogP contribution in [0.25, 0.3) is 33.5 Å². The molecular formula is C24H19N. The second-order valence-corrected chi connectivity index (χ2v) is 6.24. The Bertz CT molecular complexity index is 968. The van der Waals surface area contributed by atoms with Gasteiger partial charge in [-0.3, -0.25) is 4.98 Å². The van der Waals surface area contributed by atoms with Gasteiger partial charge in [-0.1, -0.05) is 78.4 Å². The first-order valence-electron chi connectivity index (χ1n) is 8.48. The van der Waals surface area contributed by atoms with E-state index < -0.39 is 0 Å². The molecule has 1 heterocycles. The lowest BCUT2D eigenvalue weighted by Crippen LogP contribution is -1.84. The van der Waals surface area contributed by atoms with Crippen LogP contribution in [0.2, 0.25) is 0 Å². The molecule has 4 rings (SSSR count). The van der Waals surface area contributed by atoms with Gasteiger partial charge in [0.05, 0.1) is 5.69 Å². The summed E-state index contributed by atoms with van der Waals surface area (Å²) in [4.78, 5) is 4.44. The van der Waals surface area contributed by atoms with Crippen LogP contribution in [0.3, 0.4) is 0 Å². The van der Waals surface area contributed by atoms with Crippen LogP contribution >= 0.6 is 0 Å². The molecule has 0 N–H and O–H groups in total. The predicted molar refractivity (Wildman–Crippen MR) is 105 cm³/mol. The molecule has 0 atom stereocenters. The Morgan fingerprint density at radius 2 is 1.12 bits per heavy atom. The van der Waals surface area contributed by atoms with Crippen molar-refractivity contribution in [3.05, 3.63) is 103 Å². The highest BCUT2D eigenvalue weighted by Crippen LogP contribution is 2.28. The van der Waals surface area contributed by atoms with Crippen LogP contribution in [0, 0.1) is 6.92 Å². The van der Waals surface area contributed by atoms with Crippen molar-refractivity contribution in [2.75, 3.05) is 0 Å². The third-order valence-electron chi connectivity index (χ3n) is 4.43.